The maximum Gasteiger partial charge on any atom is 0.258 e. The number of anilines is 3. The highest BCUT2D eigenvalue weighted by Crippen LogP contribution is 2.35. The number of halogens is 1. The minimum absolute atomic E-state index is 0.0602. The zero-order valence-electron chi connectivity index (χ0n) is 21.5. The molecule has 0 bridgehead atoms. The van der Waals surface area contributed by atoms with E-state index >= 15 is 0 Å². The molecule has 2 aliphatic rings. The maximum absolute atomic E-state index is 13.7. The van der Waals surface area contributed by atoms with Gasteiger partial charge in [0.2, 0.25) is 0 Å². The van der Waals surface area contributed by atoms with E-state index in [1.165, 1.54) is 7.05 Å². The SMILES string of the molecule is CN(O)c1cc(Br)cc(C(=O)N2CCCCC2)c1N[C@@H]1CCCN(C(=O)c2c(N)ncc3ccccc23)C1. The Bertz CT molecular complexity index is 1360. The second-order valence-corrected chi connectivity index (χ2v) is 11.0. The lowest BCUT2D eigenvalue weighted by molar-refractivity contribution is 0.0709. The smallest absolute Gasteiger partial charge is 0.258 e. The number of likely N-dealkylation sites (tertiary alicyclic amines) is 2. The molecule has 4 N–H and O–H groups in total. The van der Waals surface area contributed by atoms with E-state index in [1.807, 2.05) is 29.2 Å². The Morgan fingerprint density at radius 3 is 2.58 bits per heavy atom. The topological polar surface area (TPSA) is 115 Å². The number of nitrogen functional groups attached to an aromatic ring is 1. The first-order chi connectivity index (χ1) is 18.3. The summed E-state index contributed by atoms with van der Waals surface area (Å²) in [5, 5.41) is 16.7. The largest absolute Gasteiger partial charge is 0.383 e. The summed E-state index contributed by atoms with van der Waals surface area (Å²) in [4.78, 5) is 35.2. The van der Waals surface area contributed by atoms with Crippen LogP contribution in [0.5, 0.6) is 0 Å². The molecule has 10 heteroatoms. The molecule has 9 nitrogen and oxygen atoms in total. The number of fused-ring (bicyclic) bond motifs is 1. The summed E-state index contributed by atoms with van der Waals surface area (Å²) in [6.45, 7) is 2.48. The summed E-state index contributed by atoms with van der Waals surface area (Å²) >= 11 is 3.51. The normalized spacial score (nSPS) is 17.9. The number of hydrogen-bond acceptors (Lipinski definition) is 7. The molecule has 0 radical (unpaired) electrons. The molecule has 3 aromatic rings. The van der Waals surface area contributed by atoms with Crippen molar-refractivity contribution in [3.8, 4) is 0 Å². The van der Waals surface area contributed by atoms with Crippen LogP contribution >= 0.6 is 15.9 Å². The quantitative estimate of drug-likeness (QED) is 0.373. The van der Waals surface area contributed by atoms with Gasteiger partial charge in [-0.3, -0.25) is 19.9 Å². The van der Waals surface area contributed by atoms with Crippen LogP contribution in [-0.4, -0.2) is 71.1 Å². The molecule has 0 aliphatic carbocycles. The average molecular weight is 582 g/mol. The summed E-state index contributed by atoms with van der Waals surface area (Å²) < 4.78 is 0.707. The van der Waals surface area contributed by atoms with Crippen LogP contribution in [0.1, 0.15) is 52.8 Å². The van der Waals surface area contributed by atoms with Gasteiger partial charge in [-0.25, -0.2) is 4.98 Å². The zero-order valence-corrected chi connectivity index (χ0v) is 23.1. The van der Waals surface area contributed by atoms with Crippen LogP contribution in [0.3, 0.4) is 0 Å². The number of piperidine rings is 2. The molecule has 2 saturated heterocycles. The summed E-state index contributed by atoms with van der Waals surface area (Å²) in [5.74, 6) is 0.00321. The van der Waals surface area contributed by atoms with Crippen LogP contribution < -0.4 is 16.1 Å². The van der Waals surface area contributed by atoms with Gasteiger partial charge in [0.15, 0.2) is 0 Å². The predicted octanol–water partition coefficient (Wildman–Crippen LogP) is 4.75. The van der Waals surface area contributed by atoms with E-state index in [1.54, 1.807) is 23.2 Å². The summed E-state index contributed by atoms with van der Waals surface area (Å²) in [5.41, 5.74) is 8.17. The summed E-state index contributed by atoms with van der Waals surface area (Å²) in [6, 6.07) is 11.1. The van der Waals surface area contributed by atoms with Gasteiger partial charge in [-0.1, -0.05) is 40.2 Å². The number of nitrogens with zero attached hydrogens (tertiary/aromatic N) is 4. The van der Waals surface area contributed by atoms with E-state index < -0.39 is 0 Å². The van der Waals surface area contributed by atoms with Gasteiger partial charge in [-0.2, -0.15) is 0 Å². The molecule has 3 heterocycles. The lowest BCUT2D eigenvalue weighted by atomic mass is 10.0. The Morgan fingerprint density at radius 1 is 1.08 bits per heavy atom. The van der Waals surface area contributed by atoms with E-state index in [0.717, 1.165) is 61.0 Å². The number of hydrogen-bond donors (Lipinski definition) is 3. The fraction of sp³-hybridized carbons (Fsp3) is 0.393. The Morgan fingerprint density at radius 2 is 1.82 bits per heavy atom. The monoisotopic (exact) mass is 580 g/mol. The molecule has 2 amide bonds. The highest BCUT2D eigenvalue weighted by atomic mass is 79.9. The highest BCUT2D eigenvalue weighted by molar-refractivity contribution is 9.10. The second-order valence-electron chi connectivity index (χ2n) is 10.1. The van der Waals surface area contributed by atoms with Crippen LogP contribution in [0, 0.1) is 0 Å². The van der Waals surface area contributed by atoms with Crippen LogP contribution in [0.15, 0.2) is 47.1 Å². The fourth-order valence-corrected chi connectivity index (χ4v) is 5.93. The number of nitrogens with one attached hydrogen (secondary N) is 1. The number of carbonyl (C=O) groups excluding carboxylic acids is 2. The first kappa shape index (κ1) is 26.2. The van der Waals surface area contributed by atoms with Crippen molar-refractivity contribution in [2.75, 3.05) is 49.3 Å². The minimum atomic E-state index is -0.154. The standard InChI is InChI=1S/C28H33BrN6O3/c1-33(38)23-15-19(29)14-22(27(36)34-11-5-2-6-12-34)25(23)32-20-9-7-13-35(17-20)28(37)24-21-10-4-3-8-18(21)16-31-26(24)30/h3-4,8,10,14-16,20,32,38H,2,5-7,9,11-13,17H2,1H3,(H2,30,31)/t20-/m1/s1. The van der Waals surface area contributed by atoms with Gasteiger partial charge in [0.1, 0.15) is 5.82 Å². The van der Waals surface area contributed by atoms with Crippen molar-refractivity contribution in [2.24, 2.45) is 0 Å². The van der Waals surface area contributed by atoms with E-state index in [-0.39, 0.29) is 23.7 Å². The molecule has 0 spiro atoms. The minimum Gasteiger partial charge on any atom is -0.383 e. The molecule has 1 aromatic heterocycles. The van der Waals surface area contributed by atoms with Crippen LogP contribution in [0.4, 0.5) is 17.2 Å². The third kappa shape index (κ3) is 5.28. The molecule has 200 valence electrons. The van der Waals surface area contributed by atoms with Crippen LogP contribution in [-0.2, 0) is 0 Å². The van der Waals surface area contributed by atoms with E-state index in [9.17, 15) is 14.8 Å². The number of nitrogens with two attached hydrogens (primary N) is 1. The Labute approximate surface area is 230 Å². The first-order valence-electron chi connectivity index (χ1n) is 13.1. The number of benzene rings is 2. The van der Waals surface area contributed by atoms with Crippen molar-refractivity contribution < 1.29 is 14.8 Å². The van der Waals surface area contributed by atoms with Gasteiger partial charge in [0.25, 0.3) is 11.8 Å². The van der Waals surface area contributed by atoms with E-state index in [4.69, 9.17) is 5.73 Å². The highest BCUT2D eigenvalue weighted by Gasteiger charge is 2.30. The van der Waals surface area contributed by atoms with Gasteiger partial charge >= 0.3 is 0 Å². The molecule has 0 saturated carbocycles. The van der Waals surface area contributed by atoms with Crippen molar-refractivity contribution >= 4 is 55.7 Å². The van der Waals surface area contributed by atoms with Crippen molar-refractivity contribution in [3.05, 3.63) is 58.2 Å². The lowest BCUT2D eigenvalue weighted by Gasteiger charge is -2.35. The molecule has 2 aliphatic heterocycles. The van der Waals surface area contributed by atoms with Gasteiger partial charge in [-0.15, -0.1) is 0 Å². The molecular formula is C28H33BrN6O3. The van der Waals surface area contributed by atoms with E-state index in [0.29, 0.717) is 40.1 Å². The van der Waals surface area contributed by atoms with Crippen molar-refractivity contribution in [2.45, 2.75) is 38.1 Å². The maximum atomic E-state index is 13.7. The number of hydroxylamine groups is 1. The summed E-state index contributed by atoms with van der Waals surface area (Å²) in [6.07, 6.45) is 6.39. The van der Waals surface area contributed by atoms with Gasteiger partial charge in [-0.05, 0) is 49.6 Å². The molecule has 0 unspecified atom stereocenters. The predicted molar refractivity (Wildman–Crippen MR) is 153 cm³/mol. The van der Waals surface area contributed by atoms with Crippen molar-refractivity contribution in [1.29, 1.82) is 0 Å². The molecule has 2 fully saturated rings. The van der Waals surface area contributed by atoms with Crippen LogP contribution in [0.25, 0.3) is 10.8 Å². The van der Waals surface area contributed by atoms with Gasteiger partial charge in [0, 0.05) is 55.3 Å². The zero-order chi connectivity index (χ0) is 26.8. The molecule has 38 heavy (non-hydrogen) atoms. The van der Waals surface area contributed by atoms with Gasteiger partial charge < -0.3 is 20.9 Å². The number of aromatic nitrogens is 1. The Kier molecular flexibility index (Phi) is 7.71. The molecule has 5 rings (SSSR count). The molecule has 2 aromatic carbocycles. The molecule has 1 atom stereocenters. The summed E-state index contributed by atoms with van der Waals surface area (Å²) in [7, 11) is 1.54. The number of rotatable bonds is 5. The lowest BCUT2D eigenvalue weighted by Crippen LogP contribution is -2.46. The third-order valence-corrected chi connectivity index (χ3v) is 7.86. The van der Waals surface area contributed by atoms with E-state index in [2.05, 4.69) is 26.2 Å². The Hall–Kier alpha value is -3.37. The number of pyridine rings is 1. The first-order valence-corrected chi connectivity index (χ1v) is 13.9. The van der Waals surface area contributed by atoms with Gasteiger partial charge in [0.05, 0.1) is 22.5 Å². The second kappa shape index (κ2) is 11.2. The molecular weight excluding hydrogens is 548 g/mol. The fourth-order valence-electron chi connectivity index (χ4n) is 5.48. The third-order valence-electron chi connectivity index (χ3n) is 7.40. The van der Waals surface area contributed by atoms with Crippen molar-refractivity contribution in [3.63, 3.8) is 0 Å². The van der Waals surface area contributed by atoms with Crippen LogP contribution in [0.2, 0.25) is 0 Å². The Balaban J connectivity index is 1.43. The number of amides is 2. The van der Waals surface area contributed by atoms with Crippen molar-refractivity contribution in [1.82, 2.24) is 14.8 Å². The number of carbonyl (C=O) groups is 2. The average Bonchev–Trinajstić information content (AvgIpc) is 2.93.